The van der Waals surface area contributed by atoms with Gasteiger partial charge in [-0.15, -0.1) is 0 Å². The maximum absolute atomic E-state index is 12.9. The third-order valence-electron chi connectivity index (χ3n) is 8.29. The molecule has 2 saturated heterocycles. The molecule has 2 aliphatic heterocycles. The minimum Gasteiger partial charge on any atom is -0.497 e. The Bertz CT molecular complexity index is 1600. The highest BCUT2D eigenvalue weighted by Gasteiger charge is 2.28. The first-order chi connectivity index (χ1) is 22.4. The Hall–Kier alpha value is -4.14. The van der Waals surface area contributed by atoms with Crippen LogP contribution in [0.3, 0.4) is 0 Å². The zero-order valence-corrected chi connectivity index (χ0v) is 29.4. The van der Waals surface area contributed by atoms with E-state index in [2.05, 4.69) is 55.2 Å². The Morgan fingerprint density at radius 2 is 1.74 bits per heavy atom. The van der Waals surface area contributed by atoms with Gasteiger partial charge in [-0.25, -0.2) is 14.8 Å². The lowest BCUT2D eigenvalue weighted by atomic mass is 9.89. The van der Waals surface area contributed by atoms with Gasteiger partial charge in [0.15, 0.2) is 11.5 Å². The van der Waals surface area contributed by atoms with Crippen LogP contribution in [0, 0.1) is 3.57 Å². The van der Waals surface area contributed by atoms with Crippen molar-refractivity contribution in [3.05, 3.63) is 69.1 Å². The number of nitrogens with two attached hydrogens (primary N) is 1. The van der Waals surface area contributed by atoms with E-state index in [0.717, 1.165) is 41.5 Å². The molecule has 13 heteroatoms. The van der Waals surface area contributed by atoms with Gasteiger partial charge in [0.25, 0.3) is 11.8 Å². The summed E-state index contributed by atoms with van der Waals surface area (Å²) in [5.41, 5.74) is 7.74. The van der Waals surface area contributed by atoms with E-state index in [1.807, 2.05) is 26.8 Å². The number of benzene rings is 2. The first kappa shape index (κ1) is 34.2. The highest BCUT2D eigenvalue weighted by atomic mass is 127. The predicted octanol–water partition coefficient (Wildman–Crippen LogP) is 5.45. The number of halogens is 1. The van der Waals surface area contributed by atoms with Gasteiger partial charge >= 0.3 is 6.09 Å². The molecule has 5 rings (SSSR count). The number of aromatic nitrogens is 2. The molecular formula is C34H42IN7O5. The number of carbonyl (C=O) groups is 3. The van der Waals surface area contributed by atoms with Crippen LogP contribution in [0.15, 0.2) is 48.7 Å². The van der Waals surface area contributed by atoms with Crippen LogP contribution in [-0.4, -0.2) is 77.7 Å². The zero-order chi connectivity index (χ0) is 33.7. The van der Waals surface area contributed by atoms with E-state index >= 15 is 0 Å². The van der Waals surface area contributed by atoms with Crippen LogP contribution in [0.4, 0.5) is 22.1 Å². The molecule has 0 radical (unpaired) electrons. The smallest absolute Gasteiger partial charge is 0.410 e. The molecule has 2 aliphatic rings. The summed E-state index contributed by atoms with van der Waals surface area (Å²) in [4.78, 5) is 50.7. The number of nitrogens with one attached hydrogen (secondary N) is 2. The van der Waals surface area contributed by atoms with Gasteiger partial charge in [0, 0.05) is 41.4 Å². The van der Waals surface area contributed by atoms with Crippen LogP contribution in [0.1, 0.15) is 78.8 Å². The second-order valence-corrected chi connectivity index (χ2v) is 14.0. The highest BCUT2D eigenvalue weighted by molar-refractivity contribution is 14.1. The summed E-state index contributed by atoms with van der Waals surface area (Å²) in [6.45, 7) is 8.19. The molecule has 0 spiro atoms. The zero-order valence-electron chi connectivity index (χ0n) is 27.2. The van der Waals surface area contributed by atoms with E-state index in [9.17, 15) is 14.4 Å². The lowest BCUT2D eigenvalue weighted by molar-refractivity contribution is 0.0204. The third-order valence-corrected chi connectivity index (χ3v) is 9.18. The molecule has 0 aliphatic carbocycles. The summed E-state index contributed by atoms with van der Waals surface area (Å²) in [6.07, 6.45) is 4.66. The largest absolute Gasteiger partial charge is 0.497 e. The van der Waals surface area contributed by atoms with Gasteiger partial charge in [0.1, 0.15) is 17.2 Å². The number of piperidine rings is 2. The number of ether oxygens (including phenoxy) is 2. The summed E-state index contributed by atoms with van der Waals surface area (Å²) in [7, 11) is 1.59. The Morgan fingerprint density at radius 1 is 1.02 bits per heavy atom. The maximum atomic E-state index is 12.9. The van der Waals surface area contributed by atoms with E-state index in [4.69, 9.17) is 20.2 Å². The van der Waals surface area contributed by atoms with Crippen molar-refractivity contribution in [1.82, 2.24) is 20.2 Å². The first-order valence-electron chi connectivity index (χ1n) is 15.8. The predicted molar refractivity (Wildman–Crippen MR) is 188 cm³/mol. The molecule has 4 N–H and O–H groups in total. The molecule has 0 bridgehead atoms. The van der Waals surface area contributed by atoms with Crippen LogP contribution in [0.5, 0.6) is 5.75 Å². The van der Waals surface area contributed by atoms with Gasteiger partial charge in [0.05, 0.1) is 19.0 Å². The van der Waals surface area contributed by atoms with Crippen LogP contribution >= 0.6 is 22.6 Å². The Kier molecular flexibility index (Phi) is 10.7. The minimum absolute atomic E-state index is 0.0458. The van der Waals surface area contributed by atoms with Gasteiger partial charge in [0.2, 0.25) is 0 Å². The summed E-state index contributed by atoms with van der Waals surface area (Å²) >= 11 is 2.27. The lowest BCUT2D eigenvalue weighted by Gasteiger charge is -2.34. The second-order valence-electron chi connectivity index (χ2n) is 12.9. The quantitative estimate of drug-likeness (QED) is 0.255. The third kappa shape index (κ3) is 8.82. The molecule has 0 saturated carbocycles. The number of likely N-dealkylation sites (tertiary alicyclic amines) is 1. The number of primary amides is 1. The van der Waals surface area contributed by atoms with Crippen molar-refractivity contribution in [2.45, 2.75) is 64.0 Å². The summed E-state index contributed by atoms with van der Waals surface area (Å²) < 4.78 is 11.7. The Balaban J connectivity index is 1.25. The van der Waals surface area contributed by atoms with Gasteiger partial charge < -0.3 is 35.6 Å². The highest BCUT2D eigenvalue weighted by Crippen LogP contribution is 2.33. The maximum Gasteiger partial charge on any atom is 0.410 e. The summed E-state index contributed by atoms with van der Waals surface area (Å²) in [5, 5.41) is 6.42. The van der Waals surface area contributed by atoms with Crippen LogP contribution < -0.4 is 26.0 Å². The van der Waals surface area contributed by atoms with Crippen molar-refractivity contribution >= 4 is 57.8 Å². The molecule has 250 valence electrons. The van der Waals surface area contributed by atoms with Crippen LogP contribution in [0.25, 0.3) is 0 Å². The van der Waals surface area contributed by atoms with Gasteiger partial charge in [-0.05, 0) is 117 Å². The molecule has 1 atom stereocenters. The topological polar surface area (TPSA) is 152 Å². The molecule has 3 amide bonds. The molecule has 47 heavy (non-hydrogen) atoms. The molecule has 12 nitrogen and oxygen atoms in total. The fourth-order valence-corrected chi connectivity index (χ4v) is 6.52. The number of amides is 3. The fourth-order valence-electron chi connectivity index (χ4n) is 5.85. The molecular weight excluding hydrogens is 713 g/mol. The average molecular weight is 756 g/mol. The van der Waals surface area contributed by atoms with E-state index in [1.165, 1.54) is 5.56 Å². The van der Waals surface area contributed by atoms with Crippen molar-refractivity contribution in [1.29, 1.82) is 0 Å². The number of hydrogen-bond donors (Lipinski definition) is 3. The molecule has 2 aromatic carbocycles. The molecule has 2 fully saturated rings. The second kappa shape index (κ2) is 14.7. The van der Waals surface area contributed by atoms with Gasteiger partial charge in [-0.1, -0.05) is 6.07 Å². The van der Waals surface area contributed by atoms with E-state index < -0.39 is 11.5 Å². The van der Waals surface area contributed by atoms with Crippen molar-refractivity contribution < 1.29 is 23.9 Å². The molecule has 1 aromatic heterocycles. The van der Waals surface area contributed by atoms with E-state index in [1.54, 1.807) is 42.5 Å². The minimum atomic E-state index is -0.682. The fraction of sp³-hybridized carbons (Fsp3) is 0.441. The molecule has 3 heterocycles. The number of methoxy groups -OCH3 is 1. The number of hydrogen-bond acceptors (Lipinski definition) is 9. The Morgan fingerprint density at radius 3 is 2.38 bits per heavy atom. The van der Waals surface area contributed by atoms with Crippen molar-refractivity contribution in [3.8, 4) is 5.75 Å². The standard InChI is InChI=1S/C34H42IN7O5/c1-34(2,3)47-33(45)41-16-13-21(14-17-41)23-9-12-27(26(35)18-23)39-31-29(30(36)43)37-19-28(40-31)42-15-5-6-24(20-42)38-32(44)22-7-10-25(46-4)11-8-22/h7-12,18-19,21,24H,5-6,13-17,20H2,1-4H3,(H2,36,43)(H,38,44)(H,39,40)/t24-/m1/s1. The SMILES string of the molecule is COc1ccc(C(=O)N[C@@H]2CCCN(c3cnc(C(N)=O)c(Nc4ccc(C5CCN(C(=O)OC(C)(C)C)CC5)cc4I)n3)C2)cc1. The number of anilines is 3. The Labute approximate surface area is 288 Å². The van der Waals surface area contributed by atoms with E-state index in [-0.39, 0.29) is 29.6 Å². The number of carbonyl (C=O) groups excluding carboxylic acids is 3. The van der Waals surface area contributed by atoms with E-state index in [0.29, 0.717) is 42.7 Å². The normalized spacial score (nSPS) is 17.2. The molecule has 3 aromatic rings. The van der Waals surface area contributed by atoms with Crippen LogP contribution in [0.2, 0.25) is 0 Å². The van der Waals surface area contributed by atoms with Crippen molar-refractivity contribution in [3.63, 3.8) is 0 Å². The first-order valence-corrected chi connectivity index (χ1v) is 16.9. The average Bonchev–Trinajstić information content (AvgIpc) is 3.05. The monoisotopic (exact) mass is 755 g/mol. The lowest BCUT2D eigenvalue weighted by Crippen LogP contribution is -2.48. The van der Waals surface area contributed by atoms with Gasteiger partial charge in [-0.3, -0.25) is 9.59 Å². The van der Waals surface area contributed by atoms with Crippen LogP contribution in [-0.2, 0) is 4.74 Å². The summed E-state index contributed by atoms with van der Waals surface area (Å²) in [6, 6.07) is 13.1. The number of nitrogens with zero attached hydrogens (tertiary/aromatic N) is 4. The van der Waals surface area contributed by atoms with Gasteiger partial charge in [-0.2, -0.15) is 0 Å². The van der Waals surface area contributed by atoms with Crippen molar-refractivity contribution in [2.24, 2.45) is 5.73 Å². The van der Waals surface area contributed by atoms with Crippen molar-refractivity contribution in [2.75, 3.05) is 43.5 Å². The number of rotatable bonds is 8. The summed E-state index contributed by atoms with van der Waals surface area (Å²) in [5.74, 6) is 1.04. The molecule has 0 unspecified atom stereocenters.